The van der Waals surface area contributed by atoms with Crippen LogP contribution in [0.1, 0.15) is 15.9 Å². The van der Waals surface area contributed by atoms with Crippen LogP contribution < -0.4 is 11.3 Å². The molecular formula is C17H10F3N3O4. The molecule has 27 heavy (non-hydrogen) atoms. The molecule has 0 radical (unpaired) electrons. The Morgan fingerprint density at radius 2 is 1.78 bits per heavy atom. The number of nitrogens with two attached hydrogens (primary N) is 1. The molecule has 10 heteroatoms. The number of hydrogen-bond donors (Lipinski definition) is 1. The number of amides is 1. The van der Waals surface area contributed by atoms with Crippen LogP contribution in [0.25, 0.3) is 11.0 Å². The minimum atomic E-state index is -4.55. The van der Waals surface area contributed by atoms with E-state index in [0.717, 1.165) is 24.3 Å². The maximum atomic E-state index is 12.8. The molecule has 0 aliphatic carbocycles. The highest BCUT2D eigenvalue weighted by Gasteiger charge is 2.30. The van der Waals surface area contributed by atoms with Crippen LogP contribution in [0.4, 0.5) is 24.5 Å². The first kappa shape index (κ1) is 18.1. The summed E-state index contributed by atoms with van der Waals surface area (Å²) >= 11 is 0. The van der Waals surface area contributed by atoms with Gasteiger partial charge < -0.3 is 10.2 Å². The van der Waals surface area contributed by atoms with Crippen LogP contribution in [-0.2, 0) is 6.18 Å². The van der Waals surface area contributed by atoms with E-state index in [-0.39, 0.29) is 33.5 Å². The van der Waals surface area contributed by atoms with Crippen molar-refractivity contribution in [2.24, 2.45) is 10.7 Å². The quantitative estimate of drug-likeness (QED) is 0.554. The van der Waals surface area contributed by atoms with Crippen molar-refractivity contribution in [3.63, 3.8) is 0 Å². The summed E-state index contributed by atoms with van der Waals surface area (Å²) in [6, 6.07) is 9.01. The van der Waals surface area contributed by atoms with E-state index in [2.05, 4.69) is 4.99 Å². The highest BCUT2D eigenvalue weighted by atomic mass is 19.4. The number of alkyl halides is 3. The Morgan fingerprint density at radius 3 is 2.33 bits per heavy atom. The average molecular weight is 377 g/mol. The monoisotopic (exact) mass is 377 g/mol. The van der Waals surface area contributed by atoms with Crippen LogP contribution >= 0.6 is 0 Å². The van der Waals surface area contributed by atoms with Crippen molar-refractivity contribution in [2.45, 2.75) is 6.18 Å². The minimum absolute atomic E-state index is 0.0290. The van der Waals surface area contributed by atoms with Gasteiger partial charge in [-0.25, -0.2) is 4.99 Å². The van der Waals surface area contributed by atoms with Crippen LogP contribution in [0.15, 0.2) is 57.9 Å². The van der Waals surface area contributed by atoms with E-state index in [1.807, 2.05) is 0 Å². The molecule has 0 saturated heterocycles. The molecular weight excluding hydrogens is 367 g/mol. The third-order valence-electron chi connectivity index (χ3n) is 3.63. The highest BCUT2D eigenvalue weighted by Crippen LogP contribution is 2.31. The summed E-state index contributed by atoms with van der Waals surface area (Å²) in [6.07, 6.45) is -4.55. The van der Waals surface area contributed by atoms with Crippen LogP contribution in [0.2, 0.25) is 0 Å². The predicted octanol–water partition coefficient (Wildman–Crippen LogP) is 3.69. The first-order valence-corrected chi connectivity index (χ1v) is 7.39. The molecule has 2 N–H and O–H groups in total. The molecule has 7 nitrogen and oxygen atoms in total. The van der Waals surface area contributed by atoms with Crippen molar-refractivity contribution >= 4 is 28.3 Å². The Bertz CT molecular complexity index is 1120. The molecule has 0 spiro atoms. The number of nitro benzene ring substituents is 1. The molecule has 3 rings (SSSR count). The Balaban J connectivity index is 2.18. The Kier molecular flexibility index (Phi) is 4.40. The third-order valence-corrected chi connectivity index (χ3v) is 3.63. The second-order valence-electron chi connectivity index (χ2n) is 5.47. The van der Waals surface area contributed by atoms with Crippen molar-refractivity contribution in [2.75, 3.05) is 0 Å². The number of hydrogen-bond acceptors (Lipinski definition) is 5. The van der Waals surface area contributed by atoms with Crippen molar-refractivity contribution in [3.05, 3.63) is 75.3 Å². The van der Waals surface area contributed by atoms with E-state index in [1.165, 1.54) is 24.3 Å². The van der Waals surface area contributed by atoms with Gasteiger partial charge in [0, 0.05) is 17.5 Å². The first-order chi connectivity index (χ1) is 12.6. The van der Waals surface area contributed by atoms with Crippen molar-refractivity contribution < 1.29 is 27.3 Å². The second kappa shape index (κ2) is 6.56. The molecule has 138 valence electrons. The fourth-order valence-electron chi connectivity index (χ4n) is 2.33. The van der Waals surface area contributed by atoms with Crippen LogP contribution in [0, 0.1) is 10.1 Å². The van der Waals surface area contributed by atoms with Crippen molar-refractivity contribution in [1.82, 2.24) is 0 Å². The number of rotatable bonds is 3. The number of fused-ring (bicyclic) bond motifs is 1. The SMILES string of the molecule is NC(=O)c1cc2cc(C(F)(F)F)ccc2o/c1=N\c1ccc([N+](=O)[O-])cc1. The summed E-state index contributed by atoms with van der Waals surface area (Å²) in [5, 5.41) is 10.7. The lowest BCUT2D eigenvalue weighted by Gasteiger charge is -2.08. The largest absolute Gasteiger partial charge is 0.438 e. The molecule has 1 amide bonds. The van der Waals surface area contributed by atoms with E-state index >= 15 is 0 Å². The van der Waals surface area contributed by atoms with E-state index < -0.39 is 22.6 Å². The molecule has 0 fully saturated rings. The summed E-state index contributed by atoms with van der Waals surface area (Å²) in [7, 11) is 0. The van der Waals surface area contributed by atoms with Gasteiger partial charge in [0.1, 0.15) is 11.1 Å². The zero-order valence-corrected chi connectivity index (χ0v) is 13.4. The lowest BCUT2D eigenvalue weighted by molar-refractivity contribution is -0.384. The summed E-state index contributed by atoms with van der Waals surface area (Å²) in [6.45, 7) is 0. The number of nitro groups is 1. The van der Waals surface area contributed by atoms with Gasteiger partial charge in [-0.15, -0.1) is 0 Å². The smallest absolute Gasteiger partial charge is 0.416 e. The molecule has 0 aliphatic rings. The van der Waals surface area contributed by atoms with Gasteiger partial charge >= 0.3 is 6.18 Å². The lowest BCUT2D eigenvalue weighted by atomic mass is 10.1. The molecule has 0 atom stereocenters. The molecule has 0 aliphatic heterocycles. The number of non-ortho nitro benzene ring substituents is 1. The molecule has 0 saturated carbocycles. The fourth-order valence-corrected chi connectivity index (χ4v) is 2.33. The number of carbonyl (C=O) groups excluding carboxylic acids is 1. The van der Waals surface area contributed by atoms with Gasteiger partial charge in [-0.05, 0) is 36.4 Å². The van der Waals surface area contributed by atoms with E-state index in [0.29, 0.717) is 0 Å². The first-order valence-electron chi connectivity index (χ1n) is 7.39. The minimum Gasteiger partial charge on any atom is -0.438 e. The standard InChI is InChI=1S/C17H10F3N3O4/c18-17(19,20)10-1-6-14-9(7-10)8-13(15(21)24)16(27-14)22-11-2-4-12(5-3-11)23(25)26/h1-8H,(H2,21,24)/b22-16-. The number of nitrogens with zero attached hydrogens (tertiary/aromatic N) is 2. The van der Waals surface area contributed by atoms with Crippen molar-refractivity contribution in [1.29, 1.82) is 0 Å². The van der Waals surface area contributed by atoms with Gasteiger partial charge in [0.25, 0.3) is 11.6 Å². The summed E-state index contributed by atoms with van der Waals surface area (Å²) in [5.41, 5.74) is 4.08. The molecule has 0 bridgehead atoms. The third kappa shape index (κ3) is 3.78. The van der Waals surface area contributed by atoms with Crippen LogP contribution in [0.3, 0.4) is 0 Å². The van der Waals surface area contributed by atoms with Crippen LogP contribution in [-0.4, -0.2) is 10.8 Å². The molecule has 3 aromatic rings. The topological polar surface area (TPSA) is 112 Å². The number of benzene rings is 2. The summed E-state index contributed by atoms with van der Waals surface area (Å²) in [5.74, 6) is -0.946. The average Bonchev–Trinajstić information content (AvgIpc) is 2.60. The Hall–Kier alpha value is -3.69. The van der Waals surface area contributed by atoms with Gasteiger partial charge in [0.05, 0.1) is 16.2 Å². The van der Waals surface area contributed by atoms with Gasteiger partial charge in [0.2, 0.25) is 5.55 Å². The Morgan fingerprint density at radius 1 is 1.11 bits per heavy atom. The highest BCUT2D eigenvalue weighted by molar-refractivity contribution is 5.95. The molecule has 1 aromatic heterocycles. The van der Waals surface area contributed by atoms with Gasteiger partial charge in [-0.1, -0.05) is 0 Å². The zero-order chi connectivity index (χ0) is 19.8. The van der Waals surface area contributed by atoms with E-state index in [9.17, 15) is 28.1 Å². The molecule has 1 heterocycles. The number of carbonyl (C=O) groups is 1. The van der Waals surface area contributed by atoms with Gasteiger partial charge in [-0.3, -0.25) is 14.9 Å². The zero-order valence-electron chi connectivity index (χ0n) is 13.4. The normalized spacial score (nSPS) is 12.3. The fraction of sp³-hybridized carbons (Fsp3) is 0.0588. The van der Waals surface area contributed by atoms with Crippen LogP contribution in [0.5, 0.6) is 0 Å². The van der Waals surface area contributed by atoms with E-state index in [1.54, 1.807) is 0 Å². The van der Waals surface area contributed by atoms with E-state index in [4.69, 9.17) is 10.2 Å². The molecule has 0 unspecified atom stereocenters. The Labute approximate surface area is 148 Å². The maximum Gasteiger partial charge on any atom is 0.416 e. The predicted molar refractivity (Wildman–Crippen MR) is 88.1 cm³/mol. The molecule has 2 aromatic carbocycles. The van der Waals surface area contributed by atoms with Crippen molar-refractivity contribution in [3.8, 4) is 0 Å². The maximum absolute atomic E-state index is 12.8. The number of primary amides is 1. The number of halogens is 3. The van der Waals surface area contributed by atoms with Gasteiger partial charge in [0.15, 0.2) is 0 Å². The summed E-state index contributed by atoms with van der Waals surface area (Å²) in [4.78, 5) is 25.8. The van der Waals surface area contributed by atoms with Gasteiger partial charge in [-0.2, -0.15) is 13.2 Å². The second-order valence-corrected chi connectivity index (χ2v) is 5.47. The lowest BCUT2D eigenvalue weighted by Crippen LogP contribution is -2.21. The summed E-state index contributed by atoms with van der Waals surface area (Å²) < 4.78 is 44.0.